The number of nitrogens with zero attached hydrogens (tertiary/aromatic N) is 2. The maximum atomic E-state index is 12.3. The molecule has 0 aliphatic rings. The molecule has 0 spiro atoms. The summed E-state index contributed by atoms with van der Waals surface area (Å²) < 4.78 is 15.8. The number of ether oxygens (including phenoxy) is 3. The van der Waals surface area contributed by atoms with Gasteiger partial charge in [-0.1, -0.05) is 23.7 Å². The molecule has 0 fully saturated rings. The number of benzene rings is 3. The van der Waals surface area contributed by atoms with Gasteiger partial charge in [0.1, 0.15) is 0 Å². The standard InChI is InChI=1S/C23H18ClN3O7/c1-32-21-12-15(6-11-20(21)34-23(29)16-7-9-17(24)10-8-16)13-25-26-22(28)14-33-19-5-3-2-4-18(19)27(30)31/h2-13H,14H2,1H3,(H,26,28)/b25-13-. The Balaban J connectivity index is 1.57. The minimum atomic E-state index is -0.616. The Morgan fingerprint density at radius 1 is 1.06 bits per heavy atom. The summed E-state index contributed by atoms with van der Waals surface area (Å²) in [5, 5.41) is 15.3. The first-order valence-corrected chi connectivity index (χ1v) is 10.1. The number of hydrogen-bond donors (Lipinski definition) is 1. The van der Waals surface area contributed by atoms with Crippen molar-refractivity contribution in [3.05, 3.63) is 93.0 Å². The van der Waals surface area contributed by atoms with Gasteiger partial charge in [-0.15, -0.1) is 0 Å². The zero-order chi connectivity index (χ0) is 24.5. The van der Waals surface area contributed by atoms with Gasteiger partial charge in [-0.2, -0.15) is 5.10 Å². The summed E-state index contributed by atoms with van der Waals surface area (Å²) in [7, 11) is 1.41. The second kappa shape index (κ2) is 11.4. The maximum absolute atomic E-state index is 12.3. The van der Waals surface area contributed by atoms with Gasteiger partial charge in [0.05, 0.1) is 23.8 Å². The predicted octanol–water partition coefficient (Wildman–Crippen LogP) is 4.01. The van der Waals surface area contributed by atoms with Gasteiger partial charge in [-0.25, -0.2) is 10.2 Å². The normalized spacial score (nSPS) is 10.5. The first-order chi connectivity index (χ1) is 16.4. The van der Waals surface area contributed by atoms with E-state index >= 15 is 0 Å². The van der Waals surface area contributed by atoms with E-state index in [0.717, 1.165) is 0 Å². The van der Waals surface area contributed by atoms with Crippen molar-refractivity contribution >= 4 is 35.4 Å². The molecule has 0 aromatic heterocycles. The summed E-state index contributed by atoms with van der Waals surface area (Å²) in [5.41, 5.74) is 2.88. The van der Waals surface area contributed by atoms with Crippen molar-refractivity contribution in [3.8, 4) is 17.2 Å². The third-order valence-electron chi connectivity index (χ3n) is 4.29. The van der Waals surface area contributed by atoms with Crippen molar-refractivity contribution in [2.24, 2.45) is 5.10 Å². The van der Waals surface area contributed by atoms with E-state index in [4.69, 9.17) is 25.8 Å². The number of carbonyl (C=O) groups is 2. The number of amides is 1. The average molecular weight is 484 g/mol. The number of hydrazone groups is 1. The molecule has 0 heterocycles. The Bertz CT molecular complexity index is 1230. The first kappa shape index (κ1) is 24.2. The molecular weight excluding hydrogens is 466 g/mol. The first-order valence-electron chi connectivity index (χ1n) is 9.71. The van der Waals surface area contributed by atoms with Gasteiger partial charge >= 0.3 is 11.7 Å². The highest BCUT2D eigenvalue weighted by Crippen LogP contribution is 2.28. The second-order valence-corrected chi connectivity index (χ2v) is 7.05. The molecule has 174 valence electrons. The van der Waals surface area contributed by atoms with E-state index in [9.17, 15) is 19.7 Å². The highest BCUT2D eigenvalue weighted by atomic mass is 35.5. The summed E-state index contributed by atoms with van der Waals surface area (Å²) in [6.07, 6.45) is 1.34. The summed E-state index contributed by atoms with van der Waals surface area (Å²) in [6, 6.07) is 16.6. The number of nitro groups is 1. The topological polar surface area (TPSA) is 129 Å². The Morgan fingerprint density at radius 3 is 2.50 bits per heavy atom. The molecule has 0 bridgehead atoms. The van der Waals surface area contributed by atoms with E-state index < -0.39 is 23.4 Å². The fourth-order valence-electron chi connectivity index (χ4n) is 2.68. The number of nitro benzene ring substituents is 1. The monoisotopic (exact) mass is 483 g/mol. The van der Waals surface area contributed by atoms with Crippen molar-refractivity contribution in [2.45, 2.75) is 0 Å². The maximum Gasteiger partial charge on any atom is 0.343 e. The lowest BCUT2D eigenvalue weighted by Crippen LogP contribution is -2.24. The largest absolute Gasteiger partial charge is 0.493 e. The molecule has 0 aliphatic heterocycles. The lowest BCUT2D eigenvalue weighted by molar-refractivity contribution is -0.385. The lowest BCUT2D eigenvalue weighted by atomic mass is 10.2. The molecule has 3 rings (SSSR count). The fourth-order valence-corrected chi connectivity index (χ4v) is 2.80. The van der Waals surface area contributed by atoms with Crippen molar-refractivity contribution in [2.75, 3.05) is 13.7 Å². The van der Waals surface area contributed by atoms with Crippen molar-refractivity contribution in [1.82, 2.24) is 5.43 Å². The van der Waals surface area contributed by atoms with E-state index in [2.05, 4.69) is 10.5 Å². The van der Waals surface area contributed by atoms with Crippen molar-refractivity contribution in [3.63, 3.8) is 0 Å². The molecule has 3 aromatic carbocycles. The summed E-state index contributed by atoms with van der Waals surface area (Å²) in [6.45, 7) is -0.467. The van der Waals surface area contributed by atoms with E-state index in [1.807, 2.05) is 0 Å². The summed E-state index contributed by atoms with van der Waals surface area (Å²) in [4.78, 5) is 34.6. The third-order valence-corrected chi connectivity index (χ3v) is 4.55. The minimum Gasteiger partial charge on any atom is -0.493 e. The van der Waals surface area contributed by atoms with Crippen LogP contribution in [0, 0.1) is 10.1 Å². The molecule has 1 N–H and O–H groups in total. The van der Waals surface area contributed by atoms with Crippen LogP contribution in [0.25, 0.3) is 0 Å². The Morgan fingerprint density at radius 2 is 1.79 bits per heavy atom. The zero-order valence-corrected chi connectivity index (χ0v) is 18.5. The van der Waals surface area contributed by atoms with Gasteiger partial charge in [0.15, 0.2) is 23.9 Å². The van der Waals surface area contributed by atoms with E-state index in [0.29, 0.717) is 16.1 Å². The number of hydrogen-bond acceptors (Lipinski definition) is 8. The van der Waals surface area contributed by atoms with Crippen LogP contribution in [0.5, 0.6) is 17.2 Å². The summed E-state index contributed by atoms with van der Waals surface area (Å²) in [5.74, 6) is -0.754. The van der Waals surface area contributed by atoms with Crippen LogP contribution in [-0.4, -0.2) is 36.7 Å². The van der Waals surface area contributed by atoms with Gasteiger partial charge in [-0.05, 0) is 54.1 Å². The minimum absolute atomic E-state index is 0.0277. The van der Waals surface area contributed by atoms with E-state index in [1.165, 1.54) is 37.6 Å². The van der Waals surface area contributed by atoms with Gasteiger partial charge in [0.2, 0.25) is 0 Å². The Labute approximate surface area is 198 Å². The quantitative estimate of drug-likeness (QED) is 0.160. The number of para-hydroxylation sites is 2. The Hall–Kier alpha value is -4.44. The van der Waals surface area contributed by atoms with Gasteiger partial charge in [0.25, 0.3) is 5.91 Å². The van der Waals surface area contributed by atoms with Gasteiger partial charge < -0.3 is 14.2 Å². The molecule has 10 nitrogen and oxygen atoms in total. The van der Waals surface area contributed by atoms with Crippen LogP contribution in [-0.2, 0) is 4.79 Å². The molecule has 11 heteroatoms. The molecule has 34 heavy (non-hydrogen) atoms. The molecule has 3 aromatic rings. The molecular formula is C23H18ClN3O7. The summed E-state index contributed by atoms with van der Waals surface area (Å²) >= 11 is 5.82. The van der Waals surface area contributed by atoms with Crippen LogP contribution in [0.2, 0.25) is 5.02 Å². The number of rotatable bonds is 9. The number of halogens is 1. The second-order valence-electron chi connectivity index (χ2n) is 6.61. The van der Waals surface area contributed by atoms with Crippen LogP contribution < -0.4 is 19.6 Å². The van der Waals surface area contributed by atoms with Crippen molar-refractivity contribution < 1.29 is 28.7 Å². The smallest absolute Gasteiger partial charge is 0.343 e. The number of carbonyl (C=O) groups excluding carboxylic acids is 2. The number of methoxy groups -OCH3 is 1. The average Bonchev–Trinajstić information content (AvgIpc) is 2.84. The van der Waals surface area contributed by atoms with Gasteiger partial charge in [0, 0.05) is 11.1 Å². The zero-order valence-electron chi connectivity index (χ0n) is 17.8. The predicted molar refractivity (Wildman–Crippen MR) is 124 cm³/mol. The molecule has 0 atom stereocenters. The molecule has 0 unspecified atom stereocenters. The van der Waals surface area contributed by atoms with Crippen LogP contribution in [0.3, 0.4) is 0 Å². The van der Waals surface area contributed by atoms with E-state index in [1.54, 1.807) is 42.5 Å². The number of nitrogens with one attached hydrogen (secondary N) is 1. The van der Waals surface area contributed by atoms with Crippen molar-refractivity contribution in [1.29, 1.82) is 0 Å². The molecule has 0 radical (unpaired) electrons. The Kier molecular flexibility index (Phi) is 8.14. The van der Waals surface area contributed by atoms with Crippen LogP contribution in [0.1, 0.15) is 15.9 Å². The third kappa shape index (κ3) is 6.53. The van der Waals surface area contributed by atoms with Crippen LogP contribution in [0.4, 0.5) is 5.69 Å². The lowest BCUT2D eigenvalue weighted by Gasteiger charge is -2.10. The fraction of sp³-hybridized carbons (Fsp3) is 0.0870. The van der Waals surface area contributed by atoms with Crippen LogP contribution in [0.15, 0.2) is 71.8 Å². The molecule has 1 amide bonds. The van der Waals surface area contributed by atoms with Crippen LogP contribution >= 0.6 is 11.6 Å². The number of esters is 1. The SMILES string of the molecule is COc1cc(/C=N\NC(=O)COc2ccccc2[N+](=O)[O-])ccc1OC(=O)c1ccc(Cl)cc1. The van der Waals surface area contributed by atoms with E-state index in [-0.39, 0.29) is 22.9 Å². The molecule has 0 aliphatic carbocycles. The van der Waals surface area contributed by atoms with Gasteiger partial charge in [-0.3, -0.25) is 14.9 Å². The highest BCUT2D eigenvalue weighted by molar-refractivity contribution is 6.30. The highest BCUT2D eigenvalue weighted by Gasteiger charge is 2.15. The molecule has 0 saturated carbocycles. The molecule has 0 saturated heterocycles.